The molecule has 3 aromatic carbocycles. The Hall–Kier alpha value is -2.84. The largest absolute Gasteiger partial charge is 0.507 e. The first-order valence-electron chi connectivity index (χ1n) is 7.82. The number of benzene rings is 3. The molecule has 0 bridgehead atoms. The second-order valence-corrected chi connectivity index (χ2v) is 6.34. The summed E-state index contributed by atoms with van der Waals surface area (Å²) in [5.41, 5.74) is 2.04. The second kappa shape index (κ2) is 7.82. The molecule has 0 aliphatic carbocycles. The Morgan fingerprint density at radius 2 is 1.68 bits per heavy atom. The molecule has 126 valence electrons. The number of para-hydroxylation sites is 2. The van der Waals surface area contributed by atoms with Crippen LogP contribution in [0.5, 0.6) is 11.5 Å². The number of aromatic hydroxyl groups is 1. The number of carbonyl (C=O) groups excluding carboxylic acids is 1. The Bertz CT molecular complexity index is 868. The number of anilines is 1. The van der Waals surface area contributed by atoms with Crippen molar-refractivity contribution in [1.29, 1.82) is 0 Å². The number of carbonyl (C=O) groups is 1. The van der Waals surface area contributed by atoms with Gasteiger partial charge in [0.2, 0.25) is 0 Å². The smallest absolute Gasteiger partial charge is 0.267 e. The van der Waals surface area contributed by atoms with Crippen LogP contribution in [0.15, 0.2) is 78.9 Å². The molecule has 0 radical (unpaired) electrons. The van der Waals surface area contributed by atoms with E-state index < -0.39 is 0 Å². The first-order valence-corrected chi connectivity index (χ1v) is 8.67. The third-order valence-corrected chi connectivity index (χ3v) is 4.57. The minimum absolute atomic E-state index is 0.0474. The van der Waals surface area contributed by atoms with Crippen LogP contribution >= 0.6 is 8.96 Å². The summed E-state index contributed by atoms with van der Waals surface area (Å²) in [5.74, 6) is 0.341. The Labute approximate surface area is 148 Å². The maximum Gasteiger partial charge on any atom is 0.267 e. The van der Waals surface area contributed by atoms with Crippen molar-refractivity contribution in [3.8, 4) is 11.5 Å². The van der Waals surface area contributed by atoms with Gasteiger partial charge in [-0.1, -0.05) is 42.5 Å². The van der Waals surface area contributed by atoms with Crippen LogP contribution in [0.2, 0.25) is 0 Å². The van der Waals surface area contributed by atoms with Crippen LogP contribution in [0.4, 0.5) is 5.69 Å². The van der Waals surface area contributed by atoms with E-state index in [4.69, 9.17) is 4.52 Å². The molecule has 0 saturated heterocycles. The average Bonchev–Trinajstić information content (AvgIpc) is 2.63. The van der Waals surface area contributed by atoms with E-state index in [1.54, 1.807) is 18.2 Å². The molecule has 0 fully saturated rings. The molecule has 0 aliphatic heterocycles. The van der Waals surface area contributed by atoms with Crippen LogP contribution in [0.3, 0.4) is 0 Å². The fourth-order valence-electron chi connectivity index (χ4n) is 2.34. The van der Waals surface area contributed by atoms with Gasteiger partial charge in [-0.15, -0.1) is 0 Å². The molecule has 1 amide bonds. The van der Waals surface area contributed by atoms with Crippen LogP contribution in [0, 0.1) is 6.92 Å². The standard InChI is InChI=1S/C20H18NO3P/c1-15-8-7-11-17(14-15)24-25-21(16-9-3-2-4-10-16)20(23)18-12-5-6-13-19(18)22/h2-14,22,25H,1H3. The van der Waals surface area contributed by atoms with Crippen LogP contribution in [-0.2, 0) is 0 Å². The molecular weight excluding hydrogens is 333 g/mol. The fraction of sp³-hybridized carbons (Fsp3) is 0.0500. The second-order valence-electron chi connectivity index (χ2n) is 5.50. The minimum Gasteiger partial charge on any atom is -0.507 e. The summed E-state index contributed by atoms with van der Waals surface area (Å²) in [6.45, 7) is 1.98. The highest BCUT2D eigenvalue weighted by Gasteiger charge is 2.21. The normalized spacial score (nSPS) is 10.8. The van der Waals surface area contributed by atoms with Gasteiger partial charge in [0.15, 0.2) is 8.96 Å². The number of hydrogen-bond acceptors (Lipinski definition) is 3. The van der Waals surface area contributed by atoms with Crippen molar-refractivity contribution in [2.75, 3.05) is 4.67 Å². The first kappa shape index (κ1) is 17.0. The topological polar surface area (TPSA) is 49.8 Å². The molecule has 1 atom stereocenters. The molecule has 5 heteroatoms. The lowest BCUT2D eigenvalue weighted by Gasteiger charge is -2.22. The zero-order valence-electron chi connectivity index (χ0n) is 13.7. The van der Waals surface area contributed by atoms with Gasteiger partial charge in [-0.3, -0.25) is 9.46 Å². The summed E-state index contributed by atoms with van der Waals surface area (Å²) in [6.07, 6.45) is 0. The molecule has 3 rings (SSSR count). The van der Waals surface area contributed by atoms with Gasteiger partial charge in [0.05, 0.1) is 11.3 Å². The number of hydrogen-bond donors (Lipinski definition) is 1. The first-order chi connectivity index (χ1) is 12.1. The molecular formula is C20H18NO3P. The lowest BCUT2D eigenvalue weighted by Crippen LogP contribution is -2.23. The fourth-order valence-corrected chi connectivity index (χ4v) is 3.12. The number of aryl methyl sites for hydroxylation is 1. The van der Waals surface area contributed by atoms with Crippen molar-refractivity contribution in [3.63, 3.8) is 0 Å². The molecule has 25 heavy (non-hydrogen) atoms. The van der Waals surface area contributed by atoms with Crippen LogP contribution < -0.4 is 9.19 Å². The zero-order valence-corrected chi connectivity index (χ0v) is 14.7. The molecule has 1 N–H and O–H groups in total. The molecule has 0 saturated carbocycles. The Balaban J connectivity index is 1.88. The van der Waals surface area contributed by atoms with Crippen LogP contribution in [-0.4, -0.2) is 11.0 Å². The van der Waals surface area contributed by atoms with Gasteiger partial charge in [0.1, 0.15) is 11.5 Å². The van der Waals surface area contributed by atoms with E-state index >= 15 is 0 Å². The molecule has 0 aliphatic rings. The average molecular weight is 351 g/mol. The quantitative estimate of drug-likeness (QED) is 0.663. The van der Waals surface area contributed by atoms with E-state index in [0.717, 1.165) is 5.56 Å². The van der Waals surface area contributed by atoms with Gasteiger partial charge in [-0.25, -0.2) is 0 Å². The third kappa shape index (κ3) is 4.17. The van der Waals surface area contributed by atoms with Crippen LogP contribution in [0.25, 0.3) is 0 Å². The molecule has 0 heterocycles. The van der Waals surface area contributed by atoms with Crippen molar-refractivity contribution in [1.82, 2.24) is 0 Å². The highest BCUT2D eigenvalue weighted by Crippen LogP contribution is 2.33. The molecule has 4 nitrogen and oxygen atoms in total. The molecule has 0 spiro atoms. The Kier molecular flexibility index (Phi) is 5.32. The summed E-state index contributed by atoms with van der Waals surface area (Å²) >= 11 is 0. The van der Waals surface area contributed by atoms with Crippen molar-refractivity contribution >= 4 is 20.6 Å². The van der Waals surface area contributed by atoms with Gasteiger partial charge in [0.25, 0.3) is 5.91 Å². The molecule has 0 aromatic heterocycles. The van der Waals surface area contributed by atoms with E-state index in [0.29, 0.717) is 11.4 Å². The van der Waals surface area contributed by atoms with Crippen LogP contribution in [0.1, 0.15) is 15.9 Å². The lowest BCUT2D eigenvalue weighted by atomic mass is 10.2. The highest BCUT2D eigenvalue weighted by molar-refractivity contribution is 7.36. The highest BCUT2D eigenvalue weighted by atomic mass is 31.1. The Morgan fingerprint density at radius 1 is 0.960 bits per heavy atom. The van der Waals surface area contributed by atoms with Crippen molar-refractivity contribution in [2.24, 2.45) is 0 Å². The van der Waals surface area contributed by atoms with Crippen molar-refractivity contribution in [2.45, 2.75) is 6.92 Å². The van der Waals surface area contributed by atoms with E-state index in [9.17, 15) is 9.90 Å². The van der Waals surface area contributed by atoms with E-state index in [1.807, 2.05) is 61.5 Å². The zero-order chi connectivity index (χ0) is 17.6. The SMILES string of the molecule is Cc1cccc(OPN(C(=O)c2ccccc2O)c2ccccc2)c1. The van der Waals surface area contributed by atoms with E-state index in [1.165, 1.54) is 10.7 Å². The number of amides is 1. The summed E-state index contributed by atoms with van der Waals surface area (Å²) in [7, 11) is -0.251. The van der Waals surface area contributed by atoms with E-state index in [2.05, 4.69) is 0 Å². The minimum atomic E-state index is -0.310. The van der Waals surface area contributed by atoms with Gasteiger partial charge in [0, 0.05) is 0 Å². The number of phenols is 1. The number of nitrogens with zero attached hydrogens (tertiary/aromatic N) is 1. The molecule has 3 aromatic rings. The lowest BCUT2D eigenvalue weighted by molar-refractivity contribution is 0.100. The summed E-state index contributed by atoms with van der Waals surface area (Å²) in [4.78, 5) is 12.9. The predicted octanol–water partition coefficient (Wildman–Crippen LogP) is 4.93. The van der Waals surface area contributed by atoms with Gasteiger partial charge in [-0.2, -0.15) is 0 Å². The van der Waals surface area contributed by atoms with E-state index in [-0.39, 0.29) is 26.2 Å². The van der Waals surface area contributed by atoms with Crippen molar-refractivity contribution in [3.05, 3.63) is 90.0 Å². The molecule has 1 unspecified atom stereocenters. The monoisotopic (exact) mass is 351 g/mol. The number of rotatable bonds is 5. The summed E-state index contributed by atoms with van der Waals surface area (Å²) in [5, 5.41) is 10.0. The number of phenolic OH excluding ortho intramolecular Hbond substituents is 1. The third-order valence-electron chi connectivity index (χ3n) is 3.60. The maximum atomic E-state index is 12.9. The van der Waals surface area contributed by atoms with Crippen molar-refractivity contribution < 1.29 is 14.4 Å². The van der Waals surface area contributed by atoms with Gasteiger partial charge >= 0.3 is 0 Å². The van der Waals surface area contributed by atoms with Gasteiger partial charge < -0.3 is 9.63 Å². The summed E-state index contributed by atoms with van der Waals surface area (Å²) < 4.78 is 7.36. The Morgan fingerprint density at radius 3 is 2.40 bits per heavy atom. The maximum absolute atomic E-state index is 12.9. The van der Waals surface area contributed by atoms with Gasteiger partial charge in [-0.05, 0) is 48.9 Å². The predicted molar refractivity (Wildman–Crippen MR) is 101 cm³/mol. The summed E-state index contributed by atoms with van der Waals surface area (Å²) in [6, 6.07) is 23.5.